The molecule has 9 rings (SSSR count). The third-order valence-electron chi connectivity index (χ3n) is 14.9. The van der Waals surface area contributed by atoms with Crippen LogP contribution in [-0.2, 0) is 32.5 Å². The van der Waals surface area contributed by atoms with Crippen LogP contribution in [0.5, 0.6) is 0 Å². The molecule has 0 saturated carbocycles. The Balaban J connectivity index is 1.34. The van der Waals surface area contributed by atoms with Crippen LogP contribution in [0.25, 0.3) is 44.5 Å². The lowest BCUT2D eigenvalue weighted by Crippen LogP contribution is -2.18. The molecule has 0 N–H and O–H groups in total. The lowest BCUT2D eigenvalue weighted by atomic mass is 9.78. The van der Waals surface area contributed by atoms with E-state index in [1.165, 1.54) is 106 Å². The molecule has 0 aliphatic heterocycles. The smallest absolute Gasteiger partial charge is 0.0540 e. The van der Waals surface area contributed by atoms with Crippen molar-refractivity contribution >= 4 is 17.1 Å². The highest BCUT2D eigenvalue weighted by atomic mass is 15.1. The first-order chi connectivity index (χ1) is 30.3. The Morgan fingerprint density at radius 2 is 0.862 bits per heavy atom. The molecule has 0 radical (unpaired) electrons. The summed E-state index contributed by atoms with van der Waals surface area (Å²) >= 11 is 0. The average Bonchev–Trinajstić information content (AvgIpc) is 3.61. The summed E-state index contributed by atoms with van der Waals surface area (Å²) in [6.07, 6.45) is 0. The SMILES string of the molecule is CC(C)(C)c1cccc(-c2cc(-c3cc(C(C)(C)C)cc(C(C)(C)C)c3)ccc2N(c2ccc3c(c2)C(C)(C)c2ccccc2-3)c2ccc3c(c2)C(C)(C)c2cccc(C(C)(C)C)c2-3)c1. The molecular formula is C64H71N. The van der Waals surface area contributed by atoms with Crippen molar-refractivity contribution in [3.63, 3.8) is 0 Å². The second-order valence-corrected chi connectivity index (χ2v) is 24.4. The maximum atomic E-state index is 2.57. The highest BCUT2D eigenvalue weighted by Crippen LogP contribution is 2.56. The van der Waals surface area contributed by atoms with Crippen molar-refractivity contribution in [3.05, 3.63) is 184 Å². The summed E-state index contributed by atoms with van der Waals surface area (Å²) in [5, 5.41) is 0. The summed E-state index contributed by atoms with van der Waals surface area (Å²) in [4.78, 5) is 2.57. The van der Waals surface area contributed by atoms with Gasteiger partial charge in [-0.2, -0.15) is 0 Å². The van der Waals surface area contributed by atoms with Crippen LogP contribution in [0.3, 0.4) is 0 Å². The Labute approximate surface area is 392 Å². The van der Waals surface area contributed by atoms with Crippen LogP contribution in [0.2, 0.25) is 0 Å². The van der Waals surface area contributed by atoms with Gasteiger partial charge < -0.3 is 4.90 Å². The van der Waals surface area contributed by atoms with Crippen LogP contribution >= 0.6 is 0 Å². The summed E-state index contributed by atoms with van der Waals surface area (Å²) in [5.74, 6) is 0. The van der Waals surface area contributed by atoms with Gasteiger partial charge in [0, 0.05) is 27.8 Å². The Hall–Kier alpha value is -5.66. The number of benzene rings is 7. The van der Waals surface area contributed by atoms with Gasteiger partial charge in [0.25, 0.3) is 0 Å². The van der Waals surface area contributed by atoms with E-state index in [-0.39, 0.29) is 32.5 Å². The van der Waals surface area contributed by atoms with Crippen molar-refractivity contribution in [1.82, 2.24) is 0 Å². The van der Waals surface area contributed by atoms with Crippen molar-refractivity contribution in [2.24, 2.45) is 0 Å². The quantitative estimate of drug-likeness (QED) is 0.167. The van der Waals surface area contributed by atoms with Crippen molar-refractivity contribution in [2.45, 2.75) is 143 Å². The van der Waals surface area contributed by atoms with Gasteiger partial charge in [-0.1, -0.05) is 214 Å². The molecule has 0 amide bonds. The van der Waals surface area contributed by atoms with Crippen LogP contribution < -0.4 is 4.90 Å². The molecule has 2 aliphatic carbocycles. The van der Waals surface area contributed by atoms with Crippen LogP contribution in [0.4, 0.5) is 17.1 Å². The number of fused-ring (bicyclic) bond motifs is 6. The molecule has 0 atom stereocenters. The third kappa shape index (κ3) is 7.58. The molecule has 0 aromatic heterocycles. The lowest BCUT2D eigenvalue weighted by molar-refractivity contribution is 0.569. The van der Waals surface area contributed by atoms with Crippen LogP contribution in [0.1, 0.15) is 155 Å². The van der Waals surface area contributed by atoms with Gasteiger partial charge in [0.15, 0.2) is 0 Å². The van der Waals surface area contributed by atoms with E-state index in [0.29, 0.717) is 0 Å². The zero-order chi connectivity index (χ0) is 46.8. The zero-order valence-corrected chi connectivity index (χ0v) is 42.2. The zero-order valence-electron chi connectivity index (χ0n) is 42.2. The molecule has 0 spiro atoms. The number of anilines is 3. The van der Waals surface area contributed by atoms with E-state index in [2.05, 4.69) is 255 Å². The second kappa shape index (κ2) is 14.9. The number of rotatable bonds is 5. The van der Waals surface area contributed by atoms with Gasteiger partial charge in [-0.05, 0) is 142 Å². The maximum Gasteiger partial charge on any atom is 0.0540 e. The standard InChI is InChI=1S/C64H71N/c1-59(2,3)43-22-19-21-41(33-43)51-36-40(42-34-44(60(4,5)6)37-45(35-42)61(7,8)9)27-32-57(51)65(46-28-30-49-48-23-17-18-24-52(48)63(13,14)55(49)38-46)47-29-31-50-56(39-47)64(15,16)54-26-20-25-53(58(50)54)62(10,11)12/h17-39H,1-16H3. The van der Waals surface area contributed by atoms with E-state index in [1.54, 1.807) is 0 Å². The predicted octanol–water partition coefficient (Wildman–Crippen LogP) is 18.3. The molecule has 1 heteroatoms. The fraction of sp³-hybridized carbons (Fsp3) is 0.344. The Morgan fingerprint density at radius 3 is 1.48 bits per heavy atom. The fourth-order valence-electron chi connectivity index (χ4n) is 10.8. The van der Waals surface area contributed by atoms with E-state index in [4.69, 9.17) is 0 Å². The highest BCUT2D eigenvalue weighted by molar-refractivity contribution is 5.94. The van der Waals surface area contributed by atoms with E-state index < -0.39 is 0 Å². The Bertz CT molecular complexity index is 2980. The minimum absolute atomic E-state index is 0.00622. The van der Waals surface area contributed by atoms with Crippen molar-refractivity contribution < 1.29 is 0 Å². The molecule has 0 heterocycles. The van der Waals surface area contributed by atoms with Gasteiger partial charge in [-0.25, -0.2) is 0 Å². The monoisotopic (exact) mass is 854 g/mol. The van der Waals surface area contributed by atoms with Crippen LogP contribution in [0, 0.1) is 0 Å². The van der Waals surface area contributed by atoms with Gasteiger partial charge in [0.2, 0.25) is 0 Å². The second-order valence-electron chi connectivity index (χ2n) is 24.4. The van der Waals surface area contributed by atoms with E-state index >= 15 is 0 Å². The Kier molecular flexibility index (Phi) is 10.2. The Morgan fingerprint density at radius 1 is 0.338 bits per heavy atom. The van der Waals surface area contributed by atoms with E-state index in [9.17, 15) is 0 Å². The van der Waals surface area contributed by atoms with Gasteiger partial charge >= 0.3 is 0 Å². The average molecular weight is 854 g/mol. The summed E-state index contributed by atoms with van der Waals surface area (Å²) < 4.78 is 0. The summed E-state index contributed by atoms with van der Waals surface area (Å²) in [5.41, 5.74) is 24.6. The fourth-order valence-corrected chi connectivity index (χ4v) is 10.8. The number of nitrogens with zero attached hydrogens (tertiary/aromatic N) is 1. The minimum atomic E-state index is -0.175. The van der Waals surface area contributed by atoms with Crippen molar-refractivity contribution in [3.8, 4) is 44.5 Å². The molecule has 7 aromatic rings. The van der Waals surface area contributed by atoms with E-state index in [0.717, 1.165) is 0 Å². The van der Waals surface area contributed by atoms with Crippen molar-refractivity contribution in [2.75, 3.05) is 4.90 Å². The van der Waals surface area contributed by atoms with Crippen LogP contribution in [-0.4, -0.2) is 0 Å². The van der Waals surface area contributed by atoms with Crippen molar-refractivity contribution in [1.29, 1.82) is 0 Å². The topological polar surface area (TPSA) is 3.24 Å². The maximum absolute atomic E-state index is 2.57. The lowest BCUT2D eigenvalue weighted by Gasteiger charge is -2.32. The predicted molar refractivity (Wildman–Crippen MR) is 282 cm³/mol. The molecule has 7 aromatic carbocycles. The molecule has 0 bridgehead atoms. The third-order valence-corrected chi connectivity index (χ3v) is 14.9. The molecule has 0 fully saturated rings. The first kappa shape index (κ1) is 44.5. The van der Waals surface area contributed by atoms with Crippen LogP contribution in [0.15, 0.2) is 140 Å². The molecule has 0 unspecified atom stereocenters. The molecule has 2 aliphatic rings. The normalized spacial score (nSPS) is 15.0. The summed E-state index contributed by atoms with van der Waals surface area (Å²) in [6, 6.07) is 54.4. The molecule has 332 valence electrons. The minimum Gasteiger partial charge on any atom is -0.310 e. The largest absolute Gasteiger partial charge is 0.310 e. The first-order valence-corrected chi connectivity index (χ1v) is 24.0. The molecule has 0 saturated heterocycles. The van der Waals surface area contributed by atoms with Gasteiger partial charge in [-0.15, -0.1) is 0 Å². The summed E-state index contributed by atoms with van der Waals surface area (Å²) in [6.45, 7) is 37.6. The molecule has 1 nitrogen and oxygen atoms in total. The molecule has 65 heavy (non-hydrogen) atoms. The number of hydrogen-bond donors (Lipinski definition) is 0. The van der Waals surface area contributed by atoms with E-state index in [1.807, 2.05) is 0 Å². The number of hydrogen-bond acceptors (Lipinski definition) is 1. The van der Waals surface area contributed by atoms with Gasteiger partial charge in [0.05, 0.1) is 5.69 Å². The summed E-state index contributed by atoms with van der Waals surface area (Å²) in [7, 11) is 0. The highest BCUT2D eigenvalue weighted by Gasteiger charge is 2.40. The van der Waals surface area contributed by atoms with Gasteiger partial charge in [0.1, 0.15) is 0 Å². The van der Waals surface area contributed by atoms with Gasteiger partial charge in [-0.3, -0.25) is 0 Å². The molecular weight excluding hydrogens is 783 g/mol. The first-order valence-electron chi connectivity index (χ1n) is 24.0.